The van der Waals surface area contributed by atoms with Crippen molar-refractivity contribution in [3.05, 3.63) is 50.4 Å². The van der Waals surface area contributed by atoms with E-state index in [0.29, 0.717) is 21.7 Å². The fourth-order valence-electron chi connectivity index (χ4n) is 3.44. The van der Waals surface area contributed by atoms with Crippen molar-refractivity contribution in [2.24, 2.45) is 0 Å². The number of anilines is 1. The number of nitrogens with one attached hydrogen (secondary N) is 3. The minimum atomic E-state index is -0.456. The number of carbonyl (C=O) groups is 2. The van der Waals surface area contributed by atoms with E-state index in [1.54, 1.807) is 18.2 Å². The van der Waals surface area contributed by atoms with E-state index >= 15 is 0 Å². The molecule has 3 aromatic rings. The number of benzene rings is 1. The molecule has 2 aliphatic rings. The highest BCUT2D eigenvalue weighted by Crippen LogP contribution is 2.35. The highest BCUT2D eigenvalue weighted by molar-refractivity contribution is 7.98. The lowest BCUT2D eigenvalue weighted by molar-refractivity contribution is -0.118. The first-order valence-electron chi connectivity index (χ1n) is 9.04. The van der Waals surface area contributed by atoms with E-state index in [1.165, 1.54) is 16.2 Å². The third-order valence-electron chi connectivity index (χ3n) is 4.82. The molecule has 1 aromatic carbocycles. The van der Waals surface area contributed by atoms with E-state index in [9.17, 15) is 14.4 Å². The molecule has 2 aliphatic heterocycles. The third kappa shape index (κ3) is 3.38. The van der Waals surface area contributed by atoms with Gasteiger partial charge in [-0.15, -0.1) is 11.3 Å². The number of fused-ring (bicyclic) bond motifs is 4. The van der Waals surface area contributed by atoms with E-state index in [2.05, 4.69) is 20.6 Å². The molecule has 2 amide bonds. The molecule has 0 saturated heterocycles. The summed E-state index contributed by atoms with van der Waals surface area (Å²) >= 11 is 3.33. The zero-order valence-electron chi connectivity index (χ0n) is 15.2. The molecule has 0 unspecified atom stereocenters. The van der Waals surface area contributed by atoms with Crippen molar-refractivity contribution in [3.63, 3.8) is 0 Å². The van der Waals surface area contributed by atoms with E-state index in [4.69, 9.17) is 4.74 Å². The van der Waals surface area contributed by atoms with Crippen LogP contribution in [0.15, 0.2) is 23.0 Å². The first kappa shape index (κ1) is 18.2. The number of amides is 2. The Kier molecular flexibility index (Phi) is 4.51. The molecule has 0 radical (unpaired) electrons. The van der Waals surface area contributed by atoms with Crippen molar-refractivity contribution in [1.82, 2.24) is 15.3 Å². The Labute approximate surface area is 173 Å². The lowest BCUT2D eigenvalue weighted by Crippen LogP contribution is -2.28. The number of aromatic amines is 1. The number of aryl methyl sites for hydroxylation is 1. The highest BCUT2D eigenvalue weighted by atomic mass is 32.2. The van der Waals surface area contributed by atoms with Crippen LogP contribution in [-0.4, -0.2) is 34.1 Å². The second-order valence-electron chi connectivity index (χ2n) is 6.75. The number of ether oxygens (including phenoxy) is 1. The number of thiophene rings is 1. The second-order valence-corrected chi connectivity index (χ2v) is 8.94. The third-order valence-corrected chi connectivity index (χ3v) is 7.11. The van der Waals surface area contributed by atoms with Gasteiger partial charge >= 0.3 is 0 Å². The van der Waals surface area contributed by atoms with Gasteiger partial charge in [-0.25, -0.2) is 4.98 Å². The Balaban J connectivity index is 1.36. The molecule has 5 rings (SSSR count). The van der Waals surface area contributed by atoms with Crippen LogP contribution < -0.4 is 20.9 Å². The van der Waals surface area contributed by atoms with Crippen LogP contribution in [0.2, 0.25) is 0 Å². The molecule has 10 heteroatoms. The monoisotopic (exact) mass is 428 g/mol. The first-order chi connectivity index (χ1) is 14.1. The van der Waals surface area contributed by atoms with E-state index in [-0.39, 0.29) is 30.4 Å². The summed E-state index contributed by atoms with van der Waals surface area (Å²) < 4.78 is 5.32. The molecule has 0 spiro atoms. The van der Waals surface area contributed by atoms with Gasteiger partial charge in [-0.1, -0.05) is 6.07 Å². The maximum atomic E-state index is 12.6. The molecule has 29 heavy (non-hydrogen) atoms. The van der Waals surface area contributed by atoms with Crippen LogP contribution in [0, 0.1) is 0 Å². The second kappa shape index (κ2) is 7.20. The summed E-state index contributed by atoms with van der Waals surface area (Å²) in [4.78, 5) is 45.4. The fraction of sp³-hybridized carbons (Fsp3) is 0.263. The molecule has 0 aliphatic carbocycles. The van der Waals surface area contributed by atoms with Crippen LogP contribution in [0.1, 0.15) is 26.6 Å². The summed E-state index contributed by atoms with van der Waals surface area (Å²) in [6.45, 7) is 0.219. The van der Waals surface area contributed by atoms with Gasteiger partial charge in [0, 0.05) is 17.2 Å². The van der Waals surface area contributed by atoms with E-state index in [0.717, 1.165) is 29.1 Å². The van der Waals surface area contributed by atoms with Crippen LogP contribution in [-0.2, 0) is 23.5 Å². The Morgan fingerprint density at radius 2 is 2.21 bits per heavy atom. The van der Waals surface area contributed by atoms with Gasteiger partial charge in [0.2, 0.25) is 5.82 Å². The quantitative estimate of drug-likeness (QED) is 0.588. The van der Waals surface area contributed by atoms with E-state index < -0.39 is 5.91 Å². The van der Waals surface area contributed by atoms with Crippen molar-refractivity contribution < 1.29 is 14.3 Å². The van der Waals surface area contributed by atoms with Gasteiger partial charge in [-0.2, -0.15) is 11.8 Å². The van der Waals surface area contributed by atoms with Crippen LogP contribution in [0.5, 0.6) is 5.75 Å². The number of thioether (sulfide) groups is 1. The molecular formula is C19H16N4O4S2. The Morgan fingerprint density at radius 1 is 1.31 bits per heavy atom. The minimum absolute atomic E-state index is 0.00310. The average molecular weight is 428 g/mol. The van der Waals surface area contributed by atoms with Crippen molar-refractivity contribution in [3.8, 4) is 5.75 Å². The number of hydrogen-bond donors (Lipinski definition) is 3. The molecule has 148 valence electrons. The lowest BCUT2D eigenvalue weighted by atomic mass is 10.1. The standard InChI is InChI=1S/C19H16N4O4S2/c24-14-7-27-12-2-1-9(5-11(12)21-14)6-20-18(26)16-22-17(25)15-10-3-4-28-8-13(10)29-19(15)23-16/h1-2,5H,3-4,6-8H2,(H,20,26)(H,21,24)(H,22,23,25). The van der Waals surface area contributed by atoms with Gasteiger partial charge in [0.1, 0.15) is 10.6 Å². The Hall–Kier alpha value is -2.85. The first-order valence-corrected chi connectivity index (χ1v) is 11.0. The number of hydrogen-bond acceptors (Lipinski definition) is 7. The molecule has 8 nitrogen and oxygen atoms in total. The molecule has 2 aromatic heterocycles. The molecule has 0 saturated carbocycles. The smallest absolute Gasteiger partial charge is 0.287 e. The van der Waals surface area contributed by atoms with Crippen LogP contribution >= 0.6 is 23.1 Å². The number of H-pyrrole nitrogens is 1. The van der Waals surface area contributed by atoms with Crippen molar-refractivity contribution in [2.75, 3.05) is 17.7 Å². The summed E-state index contributed by atoms with van der Waals surface area (Å²) in [7, 11) is 0. The number of aromatic nitrogens is 2. The molecule has 4 heterocycles. The van der Waals surface area contributed by atoms with Gasteiger partial charge < -0.3 is 20.4 Å². The SMILES string of the molecule is O=C1COc2ccc(CNC(=O)c3nc4sc5c(c4c(=O)[nH]3)CCSC5)cc2N1. The van der Waals surface area contributed by atoms with E-state index in [1.807, 2.05) is 11.8 Å². The average Bonchev–Trinajstić information content (AvgIpc) is 3.10. The van der Waals surface area contributed by atoms with Crippen LogP contribution in [0.25, 0.3) is 10.2 Å². The molecule has 0 atom stereocenters. The number of rotatable bonds is 3. The summed E-state index contributed by atoms with van der Waals surface area (Å²) in [5.74, 6) is 1.80. The van der Waals surface area contributed by atoms with Crippen molar-refractivity contribution >= 4 is 50.8 Å². The van der Waals surface area contributed by atoms with Gasteiger partial charge in [0.25, 0.3) is 17.4 Å². The lowest BCUT2D eigenvalue weighted by Gasteiger charge is -2.18. The minimum Gasteiger partial charge on any atom is -0.482 e. The van der Waals surface area contributed by atoms with Gasteiger partial charge in [-0.3, -0.25) is 14.4 Å². The maximum absolute atomic E-state index is 12.6. The summed E-state index contributed by atoms with van der Waals surface area (Å²) in [6.07, 6.45) is 0.856. The Bertz CT molecular complexity index is 1220. The number of carbonyl (C=O) groups excluding carboxylic acids is 2. The zero-order chi connectivity index (χ0) is 20.0. The normalized spacial score (nSPS) is 15.2. The van der Waals surface area contributed by atoms with Crippen LogP contribution in [0.3, 0.4) is 0 Å². The maximum Gasteiger partial charge on any atom is 0.287 e. The Morgan fingerprint density at radius 3 is 3.10 bits per heavy atom. The molecule has 0 fully saturated rings. The summed E-state index contributed by atoms with van der Waals surface area (Å²) in [5.41, 5.74) is 2.17. The predicted molar refractivity (Wildman–Crippen MR) is 112 cm³/mol. The predicted octanol–water partition coefficient (Wildman–Crippen LogP) is 2.03. The number of nitrogens with zero attached hydrogens (tertiary/aromatic N) is 1. The topological polar surface area (TPSA) is 113 Å². The highest BCUT2D eigenvalue weighted by Gasteiger charge is 2.22. The van der Waals surface area contributed by atoms with Crippen LogP contribution in [0.4, 0.5) is 5.69 Å². The summed E-state index contributed by atoms with van der Waals surface area (Å²) in [5, 5.41) is 6.11. The zero-order valence-corrected chi connectivity index (χ0v) is 16.8. The van der Waals surface area contributed by atoms with Gasteiger partial charge in [-0.05, 0) is 35.4 Å². The molecular weight excluding hydrogens is 412 g/mol. The van der Waals surface area contributed by atoms with Gasteiger partial charge in [0.05, 0.1) is 11.1 Å². The fourth-order valence-corrected chi connectivity index (χ4v) is 5.80. The largest absolute Gasteiger partial charge is 0.482 e. The van der Waals surface area contributed by atoms with Crippen molar-refractivity contribution in [2.45, 2.75) is 18.7 Å². The summed E-state index contributed by atoms with van der Waals surface area (Å²) in [6, 6.07) is 5.30. The molecule has 0 bridgehead atoms. The van der Waals surface area contributed by atoms with Gasteiger partial charge in [0.15, 0.2) is 6.61 Å². The molecule has 3 N–H and O–H groups in total. The van der Waals surface area contributed by atoms with Crippen molar-refractivity contribution in [1.29, 1.82) is 0 Å².